The third-order valence-corrected chi connectivity index (χ3v) is 5.38. The summed E-state index contributed by atoms with van der Waals surface area (Å²) in [5.41, 5.74) is -0.932. The summed E-state index contributed by atoms with van der Waals surface area (Å²) in [6.07, 6.45) is -3.83. The van der Waals surface area contributed by atoms with E-state index in [1.165, 1.54) is 0 Å². The smallest absolute Gasteiger partial charge is 0.416 e. The molecule has 0 aliphatic carbocycles. The predicted octanol–water partition coefficient (Wildman–Crippen LogP) is 4.49. The van der Waals surface area contributed by atoms with Crippen molar-refractivity contribution in [2.24, 2.45) is 5.92 Å². The minimum absolute atomic E-state index is 0.121. The molecule has 178 valence electrons. The maximum Gasteiger partial charge on any atom is 0.416 e. The zero-order valence-corrected chi connectivity index (χ0v) is 17.9. The number of rotatable bonds is 8. The molecule has 8 nitrogen and oxygen atoms in total. The molecule has 11 heteroatoms. The average Bonchev–Trinajstić information content (AvgIpc) is 2.79. The van der Waals surface area contributed by atoms with E-state index in [9.17, 15) is 28.1 Å². The van der Waals surface area contributed by atoms with Crippen molar-refractivity contribution in [3.05, 3.63) is 58.1 Å². The number of nitrogens with one attached hydrogen (secondary N) is 1. The molecule has 0 radical (unpaired) electrons. The molecular formula is C22H24F3N3O5. The molecule has 1 N–H and O–H groups in total. The highest BCUT2D eigenvalue weighted by molar-refractivity contribution is 5.92. The highest BCUT2D eigenvalue weighted by atomic mass is 19.4. The fourth-order valence-electron chi connectivity index (χ4n) is 3.62. The molecule has 3 rings (SSSR count). The van der Waals surface area contributed by atoms with Crippen molar-refractivity contribution in [3.63, 3.8) is 0 Å². The average molecular weight is 467 g/mol. The van der Waals surface area contributed by atoms with Crippen LogP contribution in [0.4, 0.5) is 30.2 Å². The van der Waals surface area contributed by atoms with Gasteiger partial charge in [-0.05, 0) is 49.2 Å². The summed E-state index contributed by atoms with van der Waals surface area (Å²) in [5, 5.41) is 14.2. The van der Waals surface area contributed by atoms with Crippen LogP contribution in [0.5, 0.6) is 5.75 Å². The summed E-state index contributed by atoms with van der Waals surface area (Å²) < 4.78 is 49.2. The third-order valence-electron chi connectivity index (χ3n) is 5.38. The summed E-state index contributed by atoms with van der Waals surface area (Å²) in [6.45, 7) is 1.51. The van der Waals surface area contributed by atoms with Gasteiger partial charge in [0.2, 0.25) is 5.91 Å². The summed E-state index contributed by atoms with van der Waals surface area (Å²) in [5.74, 6) is 0.161. The minimum atomic E-state index is -4.66. The van der Waals surface area contributed by atoms with Gasteiger partial charge in [-0.3, -0.25) is 14.9 Å². The molecule has 0 saturated carbocycles. The van der Waals surface area contributed by atoms with Gasteiger partial charge in [0.15, 0.2) is 0 Å². The van der Waals surface area contributed by atoms with Crippen LogP contribution in [0.3, 0.4) is 0 Å². The first-order chi connectivity index (χ1) is 15.7. The summed E-state index contributed by atoms with van der Waals surface area (Å²) >= 11 is 0. The number of nitro groups is 1. The number of hydrogen-bond acceptors (Lipinski definition) is 6. The second kappa shape index (κ2) is 10.5. The van der Waals surface area contributed by atoms with Gasteiger partial charge in [0.05, 0.1) is 17.1 Å². The number of amides is 1. The maximum atomic E-state index is 12.9. The number of hydrogen-bond donors (Lipinski definition) is 1. The van der Waals surface area contributed by atoms with Gasteiger partial charge in [-0.1, -0.05) is 0 Å². The Bertz CT molecular complexity index is 974. The van der Waals surface area contributed by atoms with Crippen LogP contribution in [0.15, 0.2) is 42.5 Å². The van der Waals surface area contributed by atoms with E-state index in [2.05, 4.69) is 5.32 Å². The van der Waals surface area contributed by atoms with Crippen LogP contribution in [0, 0.1) is 16.0 Å². The Labute approximate surface area is 188 Å². The monoisotopic (exact) mass is 467 g/mol. The van der Waals surface area contributed by atoms with Crippen LogP contribution in [0.25, 0.3) is 0 Å². The second-order valence-corrected chi connectivity index (χ2v) is 7.57. The van der Waals surface area contributed by atoms with E-state index in [-0.39, 0.29) is 17.5 Å². The van der Waals surface area contributed by atoms with Crippen LogP contribution in [0.2, 0.25) is 0 Å². The molecule has 2 aromatic carbocycles. The number of carbonyl (C=O) groups excluding carboxylic acids is 1. The van der Waals surface area contributed by atoms with E-state index < -0.39 is 22.4 Å². The highest BCUT2D eigenvalue weighted by Gasteiger charge is 2.35. The van der Waals surface area contributed by atoms with Crippen molar-refractivity contribution in [1.82, 2.24) is 0 Å². The summed E-state index contributed by atoms with van der Waals surface area (Å²) in [7, 11) is 1.58. The number of nitro benzene ring substituents is 1. The van der Waals surface area contributed by atoms with Gasteiger partial charge in [0, 0.05) is 37.9 Å². The van der Waals surface area contributed by atoms with E-state index in [1.54, 1.807) is 36.3 Å². The van der Waals surface area contributed by atoms with Crippen LogP contribution < -0.4 is 15.0 Å². The van der Waals surface area contributed by atoms with Crippen molar-refractivity contribution >= 4 is 23.0 Å². The van der Waals surface area contributed by atoms with Crippen LogP contribution >= 0.6 is 0 Å². The van der Waals surface area contributed by atoms with E-state index in [0.717, 1.165) is 12.1 Å². The van der Waals surface area contributed by atoms with Crippen LogP contribution in [-0.2, 0) is 15.7 Å². The zero-order valence-electron chi connectivity index (χ0n) is 17.9. The van der Waals surface area contributed by atoms with E-state index in [4.69, 9.17) is 9.47 Å². The zero-order chi connectivity index (χ0) is 24.0. The Balaban J connectivity index is 1.58. The summed E-state index contributed by atoms with van der Waals surface area (Å²) in [4.78, 5) is 24.8. The van der Waals surface area contributed by atoms with Gasteiger partial charge in [-0.15, -0.1) is 0 Å². The lowest BCUT2D eigenvalue weighted by atomic mass is 9.95. The van der Waals surface area contributed by atoms with Gasteiger partial charge in [-0.25, -0.2) is 0 Å². The molecule has 2 aromatic rings. The number of anilines is 2. The quantitative estimate of drug-likeness (QED) is 0.349. The molecule has 1 saturated heterocycles. The molecule has 0 spiro atoms. The fraction of sp³-hybridized carbons (Fsp3) is 0.409. The largest absolute Gasteiger partial charge is 0.491 e. The molecule has 0 bridgehead atoms. The van der Waals surface area contributed by atoms with Crippen molar-refractivity contribution in [2.75, 3.05) is 43.6 Å². The number of benzene rings is 2. The van der Waals surface area contributed by atoms with Crippen LogP contribution in [-0.4, -0.2) is 44.2 Å². The maximum absolute atomic E-state index is 12.9. The molecule has 0 atom stereocenters. The highest BCUT2D eigenvalue weighted by Crippen LogP contribution is 2.37. The van der Waals surface area contributed by atoms with Crippen LogP contribution in [0.1, 0.15) is 18.4 Å². The van der Waals surface area contributed by atoms with Crippen molar-refractivity contribution < 1.29 is 32.4 Å². The molecule has 1 heterocycles. The normalized spacial score (nSPS) is 14.7. The topological polar surface area (TPSA) is 93.9 Å². The number of piperidine rings is 1. The molecular weight excluding hydrogens is 443 g/mol. The molecule has 1 aliphatic rings. The van der Waals surface area contributed by atoms with Gasteiger partial charge < -0.3 is 19.7 Å². The lowest BCUT2D eigenvalue weighted by Gasteiger charge is -2.32. The SMILES string of the molecule is COCCOc1ccc(NC(=O)C2CCN(c3ccc(C(F)(F)F)cc3[N+](=O)[O-])CC2)cc1. The third kappa shape index (κ3) is 6.35. The van der Waals surface area contributed by atoms with Crippen molar-refractivity contribution in [3.8, 4) is 5.75 Å². The summed E-state index contributed by atoms with van der Waals surface area (Å²) in [6, 6.07) is 9.43. The Kier molecular flexibility index (Phi) is 7.75. The first-order valence-electron chi connectivity index (χ1n) is 10.3. The fourth-order valence-corrected chi connectivity index (χ4v) is 3.62. The lowest BCUT2D eigenvalue weighted by Crippen LogP contribution is -2.38. The predicted molar refractivity (Wildman–Crippen MR) is 115 cm³/mol. The molecule has 0 unspecified atom stereocenters. The van der Waals surface area contributed by atoms with Gasteiger partial charge in [0.1, 0.15) is 18.0 Å². The number of ether oxygens (including phenoxy) is 2. The Morgan fingerprint density at radius 2 is 1.82 bits per heavy atom. The molecule has 1 amide bonds. The number of nitrogens with zero attached hydrogens (tertiary/aromatic N) is 2. The van der Waals surface area contributed by atoms with Crippen molar-refractivity contribution in [1.29, 1.82) is 0 Å². The Hall–Kier alpha value is -3.34. The number of halogens is 3. The van der Waals surface area contributed by atoms with E-state index in [0.29, 0.717) is 56.6 Å². The Morgan fingerprint density at radius 1 is 1.15 bits per heavy atom. The molecule has 0 aromatic heterocycles. The van der Waals surface area contributed by atoms with Gasteiger partial charge in [-0.2, -0.15) is 13.2 Å². The number of methoxy groups -OCH3 is 1. The molecule has 1 fully saturated rings. The van der Waals surface area contributed by atoms with E-state index in [1.807, 2.05) is 0 Å². The van der Waals surface area contributed by atoms with Gasteiger partial charge >= 0.3 is 6.18 Å². The Morgan fingerprint density at radius 3 is 2.39 bits per heavy atom. The van der Waals surface area contributed by atoms with E-state index >= 15 is 0 Å². The number of alkyl halides is 3. The first-order valence-corrected chi connectivity index (χ1v) is 10.3. The lowest BCUT2D eigenvalue weighted by molar-refractivity contribution is -0.384. The van der Waals surface area contributed by atoms with Gasteiger partial charge in [0.25, 0.3) is 5.69 Å². The molecule has 1 aliphatic heterocycles. The number of carbonyl (C=O) groups is 1. The first kappa shape index (κ1) is 24.3. The minimum Gasteiger partial charge on any atom is -0.491 e. The van der Waals surface area contributed by atoms with Crippen molar-refractivity contribution in [2.45, 2.75) is 19.0 Å². The molecule has 33 heavy (non-hydrogen) atoms. The second-order valence-electron chi connectivity index (χ2n) is 7.57. The standard InChI is InChI=1S/C22H24F3N3O5/c1-32-12-13-33-18-5-3-17(4-6-18)26-21(29)15-8-10-27(11-9-15)19-7-2-16(22(23,24)25)14-20(19)28(30)31/h2-7,14-15H,8-13H2,1H3,(H,26,29).